The Hall–Kier alpha value is -0.860. The minimum absolute atomic E-state index is 0.0354. The quantitative estimate of drug-likeness (QED) is 0.821. The van der Waals surface area contributed by atoms with Gasteiger partial charge in [0.1, 0.15) is 0 Å². The first kappa shape index (κ1) is 14.2. The van der Waals surface area contributed by atoms with E-state index in [1.807, 2.05) is 0 Å². The lowest BCUT2D eigenvalue weighted by atomic mass is 9.98. The van der Waals surface area contributed by atoms with E-state index in [9.17, 15) is 0 Å². The van der Waals surface area contributed by atoms with Gasteiger partial charge in [0.15, 0.2) is 0 Å². The minimum Gasteiger partial charge on any atom is -0.329 e. The van der Waals surface area contributed by atoms with Crippen molar-refractivity contribution >= 4 is 0 Å². The van der Waals surface area contributed by atoms with Gasteiger partial charge in [-0.3, -0.25) is 0 Å². The fourth-order valence-electron chi connectivity index (χ4n) is 1.90. The maximum atomic E-state index is 5.70. The Morgan fingerprint density at radius 1 is 1.06 bits per heavy atom. The number of rotatable bonds is 5. The topological polar surface area (TPSA) is 38.0 Å². The highest BCUT2D eigenvalue weighted by Gasteiger charge is 2.13. The summed E-state index contributed by atoms with van der Waals surface area (Å²) in [4.78, 5) is 0. The van der Waals surface area contributed by atoms with Crippen LogP contribution in [0.1, 0.15) is 36.1 Å². The predicted octanol–water partition coefficient (Wildman–Crippen LogP) is 2.48. The van der Waals surface area contributed by atoms with Crippen LogP contribution in [0.5, 0.6) is 0 Å². The van der Waals surface area contributed by atoms with Crippen LogP contribution < -0.4 is 11.1 Å². The Morgan fingerprint density at radius 3 is 2.24 bits per heavy atom. The van der Waals surface area contributed by atoms with Crippen molar-refractivity contribution in [1.29, 1.82) is 0 Å². The Balaban J connectivity index is 2.61. The van der Waals surface area contributed by atoms with Crippen LogP contribution in [0.25, 0.3) is 0 Å². The van der Waals surface area contributed by atoms with Crippen molar-refractivity contribution < 1.29 is 0 Å². The molecule has 0 heterocycles. The van der Waals surface area contributed by atoms with Gasteiger partial charge in [-0.05, 0) is 69.8 Å². The molecule has 0 amide bonds. The summed E-state index contributed by atoms with van der Waals surface area (Å²) in [5.41, 5.74) is 11.3. The summed E-state index contributed by atoms with van der Waals surface area (Å²) >= 11 is 0. The van der Waals surface area contributed by atoms with E-state index in [2.05, 4.69) is 52.1 Å². The van der Waals surface area contributed by atoms with E-state index in [4.69, 9.17) is 5.73 Å². The van der Waals surface area contributed by atoms with E-state index in [1.165, 1.54) is 22.3 Å². The van der Waals surface area contributed by atoms with E-state index in [-0.39, 0.29) is 5.54 Å². The second kappa shape index (κ2) is 5.65. The smallest absolute Gasteiger partial charge is 0.0247 e. The summed E-state index contributed by atoms with van der Waals surface area (Å²) in [6, 6.07) is 4.58. The highest BCUT2D eigenvalue weighted by Crippen LogP contribution is 2.15. The maximum Gasteiger partial charge on any atom is 0.0247 e. The lowest BCUT2D eigenvalue weighted by Gasteiger charge is -2.24. The molecule has 17 heavy (non-hydrogen) atoms. The van der Waals surface area contributed by atoms with Crippen LogP contribution in [0.15, 0.2) is 12.1 Å². The maximum absolute atomic E-state index is 5.70. The molecule has 1 aromatic carbocycles. The molecule has 0 spiro atoms. The summed E-state index contributed by atoms with van der Waals surface area (Å²) in [6.07, 6.45) is 1.07. The summed E-state index contributed by atoms with van der Waals surface area (Å²) in [5, 5.41) is 3.49. The third-order valence-corrected chi connectivity index (χ3v) is 3.46. The van der Waals surface area contributed by atoms with Crippen molar-refractivity contribution in [2.24, 2.45) is 5.73 Å². The van der Waals surface area contributed by atoms with E-state index in [1.54, 1.807) is 0 Å². The van der Waals surface area contributed by atoms with Crippen LogP contribution in [0, 0.1) is 20.8 Å². The number of nitrogens with one attached hydrogen (secondary N) is 1. The molecule has 96 valence electrons. The minimum atomic E-state index is 0.0354. The zero-order valence-electron chi connectivity index (χ0n) is 11.9. The second-order valence-corrected chi connectivity index (χ2v) is 5.63. The summed E-state index contributed by atoms with van der Waals surface area (Å²) < 4.78 is 0. The third-order valence-electron chi connectivity index (χ3n) is 3.46. The van der Waals surface area contributed by atoms with Gasteiger partial charge in [-0.25, -0.2) is 0 Å². The van der Waals surface area contributed by atoms with E-state index in [0.717, 1.165) is 13.0 Å². The van der Waals surface area contributed by atoms with Crippen molar-refractivity contribution in [1.82, 2.24) is 5.32 Å². The fraction of sp³-hybridized carbons (Fsp3) is 0.600. The van der Waals surface area contributed by atoms with Crippen molar-refractivity contribution in [3.05, 3.63) is 34.4 Å². The van der Waals surface area contributed by atoms with E-state index >= 15 is 0 Å². The van der Waals surface area contributed by atoms with Gasteiger partial charge in [0.2, 0.25) is 0 Å². The van der Waals surface area contributed by atoms with Gasteiger partial charge >= 0.3 is 0 Å². The molecule has 1 aromatic rings. The molecule has 0 unspecified atom stereocenters. The Morgan fingerprint density at radius 2 is 1.65 bits per heavy atom. The van der Waals surface area contributed by atoms with Gasteiger partial charge in [-0.2, -0.15) is 0 Å². The normalized spacial score (nSPS) is 11.9. The third kappa shape index (κ3) is 4.14. The van der Waals surface area contributed by atoms with Crippen LogP contribution in [-0.4, -0.2) is 18.6 Å². The number of hydrogen-bond acceptors (Lipinski definition) is 2. The molecular formula is C15H26N2. The fourth-order valence-corrected chi connectivity index (χ4v) is 1.90. The van der Waals surface area contributed by atoms with Gasteiger partial charge in [0, 0.05) is 12.1 Å². The van der Waals surface area contributed by atoms with Crippen LogP contribution >= 0.6 is 0 Å². The number of aryl methyl sites for hydroxylation is 3. The highest BCUT2D eigenvalue weighted by molar-refractivity contribution is 5.36. The summed E-state index contributed by atoms with van der Waals surface area (Å²) in [5.74, 6) is 0. The molecule has 0 radical (unpaired) electrons. The molecule has 0 bridgehead atoms. The number of hydrogen-bond donors (Lipinski definition) is 2. The first-order valence-electron chi connectivity index (χ1n) is 6.37. The van der Waals surface area contributed by atoms with Gasteiger partial charge in [-0.15, -0.1) is 0 Å². The van der Waals surface area contributed by atoms with Gasteiger partial charge in [0.25, 0.3) is 0 Å². The van der Waals surface area contributed by atoms with Gasteiger partial charge in [0.05, 0.1) is 0 Å². The Bertz CT molecular complexity index is 381. The van der Waals surface area contributed by atoms with Crippen molar-refractivity contribution in [3.63, 3.8) is 0 Å². The Labute approximate surface area is 106 Å². The van der Waals surface area contributed by atoms with Crippen molar-refractivity contribution in [3.8, 4) is 0 Å². The zero-order chi connectivity index (χ0) is 13.1. The standard InChI is InChI=1S/C15H26N2/c1-11-8-13(3)14(9-12(11)2)6-7-17-15(4,5)10-16/h8-9,17H,6-7,10,16H2,1-5H3. The monoisotopic (exact) mass is 234 g/mol. The molecule has 0 fully saturated rings. The van der Waals surface area contributed by atoms with E-state index in [0.29, 0.717) is 6.54 Å². The zero-order valence-corrected chi connectivity index (χ0v) is 11.9. The molecule has 0 aliphatic heterocycles. The first-order chi connectivity index (χ1) is 7.85. The Kier molecular flexibility index (Phi) is 4.72. The van der Waals surface area contributed by atoms with Crippen LogP contribution in [-0.2, 0) is 6.42 Å². The molecule has 0 atom stereocenters. The molecule has 0 aliphatic carbocycles. The average molecular weight is 234 g/mol. The van der Waals surface area contributed by atoms with Crippen molar-refractivity contribution in [2.45, 2.75) is 46.6 Å². The molecule has 0 aromatic heterocycles. The lowest BCUT2D eigenvalue weighted by Crippen LogP contribution is -2.46. The molecule has 2 nitrogen and oxygen atoms in total. The van der Waals surface area contributed by atoms with Crippen molar-refractivity contribution in [2.75, 3.05) is 13.1 Å². The molecular weight excluding hydrogens is 208 g/mol. The summed E-state index contributed by atoms with van der Waals surface area (Å²) in [6.45, 7) is 12.5. The van der Waals surface area contributed by atoms with Gasteiger partial charge < -0.3 is 11.1 Å². The van der Waals surface area contributed by atoms with Crippen LogP contribution in [0.4, 0.5) is 0 Å². The second-order valence-electron chi connectivity index (χ2n) is 5.63. The summed E-state index contributed by atoms with van der Waals surface area (Å²) in [7, 11) is 0. The average Bonchev–Trinajstić information content (AvgIpc) is 2.25. The van der Waals surface area contributed by atoms with Gasteiger partial charge in [-0.1, -0.05) is 12.1 Å². The SMILES string of the molecule is Cc1cc(C)c(CCNC(C)(C)CN)cc1C. The first-order valence-corrected chi connectivity index (χ1v) is 6.37. The number of nitrogens with two attached hydrogens (primary N) is 1. The molecule has 3 N–H and O–H groups in total. The molecule has 0 aliphatic rings. The van der Waals surface area contributed by atoms with Crippen LogP contribution in [0.3, 0.4) is 0 Å². The molecule has 1 rings (SSSR count). The molecule has 2 heteroatoms. The highest BCUT2D eigenvalue weighted by atomic mass is 15.0. The molecule has 0 saturated carbocycles. The largest absolute Gasteiger partial charge is 0.329 e. The lowest BCUT2D eigenvalue weighted by molar-refractivity contribution is 0.401. The predicted molar refractivity (Wildman–Crippen MR) is 75.5 cm³/mol. The van der Waals surface area contributed by atoms with E-state index < -0.39 is 0 Å². The number of benzene rings is 1. The van der Waals surface area contributed by atoms with Crippen LogP contribution in [0.2, 0.25) is 0 Å². The molecule has 0 saturated heterocycles.